The molecule has 0 amide bonds. The molecule has 0 aliphatic rings. The van der Waals surface area contributed by atoms with Crippen molar-refractivity contribution in [2.24, 2.45) is 0 Å². The fourth-order valence-corrected chi connectivity index (χ4v) is 0. The van der Waals surface area contributed by atoms with Gasteiger partial charge in [0, 0.05) is 0 Å². The summed E-state index contributed by atoms with van der Waals surface area (Å²) in [6, 6.07) is 0. The van der Waals surface area contributed by atoms with E-state index in [2.05, 4.69) is 0 Å². The van der Waals surface area contributed by atoms with Crippen molar-refractivity contribution in [2.75, 3.05) is 0 Å². The maximum atomic E-state index is 9.10. The maximum absolute atomic E-state index is 9.10. The van der Waals surface area contributed by atoms with Crippen molar-refractivity contribution in [1.29, 1.82) is 0 Å². The summed E-state index contributed by atoms with van der Waals surface area (Å²) in [5, 5.41) is 0. The van der Waals surface area contributed by atoms with Crippen LogP contribution in [0.25, 0.3) is 0 Å². The molecule has 0 aromatic heterocycles. The van der Waals surface area contributed by atoms with Gasteiger partial charge in [0.15, 0.2) is 8.83 Å². The second kappa shape index (κ2) is 8.95. The molecule has 0 unspecified atom stereocenters. The van der Waals surface area contributed by atoms with Gasteiger partial charge in [-0.15, -0.1) is 0 Å². The molecule has 0 spiro atoms. The van der Waals surface area contributed by atoms with Crippen LogP contribution >= 0.6 is 11.1 Å². The van der Waals surface area contributed by atoms with Crippen LogP contribution in [0, 0.1) is 0 Å². The first kappa shape index (κ1) is 9.49. The van der Waals surface area contributed by atoms with Crippen molar-refractivity contribution < 1.29 is 4.79 Å². The Balaban J connectivity index is 0. The van der Waals surface area contributed by atoms with Gasteiger partial charge in [-0.25, -0.2) is 0 Å². The van der Waals surface area contributed by atoms with Crippen LogP contribution in [-0.4, -0.2) is 44.3 Å². The zero-order chi connectivity index (χ0) is 3.41. The Morgan fingerprint density at radius 1 is 1.80 bits per heavy atom. The monoisotopic (exact) mass is 118 g/mol. The number of carbonyl (C=O) groups excluding carboxylic acids is 1. The molecular weight excluding hydrogens is 115 g/mol. The van der Waals surface area contributed by atoms with Gasteiger partial charge in [0.25, 0.3) is 0 Å². The van der Waals surface area contributed by atoms with Gasteiger partial charge in [0.05, 0.1) is 0 Å². The molecule has 0 fully saturated rings. The predicted octanol–water partition coefficient (Wildman–Crippen LogP) is -1.15. The van der Waals surface area contributed by atoms with Crippen LogP contribution in [0.1, 0.15) is 0 Å². The molecule has 0 aliphatic heterocycles. The molecule has 5 heavy (non-hydrogen) atoms. The number of hydrogen-bond acceptors (Lipinski definition) is 1. The molecule has 0 saturated heterocycles. The molecule has 0 bridgehead atoms. The minimum atomic E-state index is -0.784. The van der Waals surface area contributed by atoms with Crippen molar-refractivity contribution >= 4 is 55.4 Å². The van der Waals surface area contributed by atoms with E-state index in [4.69, 9.17) is 15.9 Å². The van der Waals surface area contributed by atoms with Gasteiger partial charge in [-0.2, -0.15) is 11.1 Å². The summed E-state index contributed by atoms with van der Waals surface area (Å²) in [5.74, 6) is 0.779. The van der Waals surface area contributed by atoms with Crippen LogP contribution < -0.4 is 0 Å². The molecule has 0 aromatic carbocycles. The number of rotatable bonds is 1. The van der Waals surface area contributed by atoms with Gasteiger partial charge in [0.2, 0.25) is 0 Å². The second-order valence-corrected chi connectivity index (χ2v) is 1.89. The summed E-state index contributed by atoms with van der Waals surface area (Å²) in [6.07, 6.45) is 0. The van der Waals surface area contributed by atoms with E-state index < -0.39 is 8.83 Å². The van der Waals surface area contributed by atoms with Crippen molar-refractivity contribution in [2.45, 2.75) is 0 Å². The number of carbonyl (C=O) groups is 1. The summed E-state index contributed by atoms with van der Waals surface area (Å²) in [7, 11) is -0.784. The van der Waals surface area contributed by atoms with Crippen molar-refractivity contribution in [3.05, 3.63) is 0 Å². The topological polar surface area (TPSA) is 17.1 Å². The zero-order valence-electron chi connectivity index (χ0n) is 2.07. The molecule has 0 atom stereocenters. The van der Waals surface area contributed by atoms with Gasteiger partial charge in [-0.3, -0.25) is 0 Å². The zero-order valence-corrected chi connectivity index (χ0v) is 4.24. The van der Waals surface area contributed by atoms with Crippen LogP contribution in [0.5, 0.6) is 0 Å². The Morgan fingerprint density at radius 2 is 2.00 bits per heavy atom. The molecular formula is CH4ClNaOSi. The van der Waals surface area contributed by atoms with E-state index in [1.807, 2.05) is 0 Å². The van der Waals surface area contributed by atoms with Gasteiger partial charge in [-0.05, 0) is 0 Å². The molecule has 0 saturated carbocycles. The molecule has 0 aromatic rings. The summed E-state index contributed by atoms with van der Waals surface area (Å²) in [4.78, 5) is 9.10. The van der Waals surface area contributed by atoms with Crippen LogP contribution in [0.15, 0.2) is 0 Å². The van der Waals surface area contributed by atoms with E-state index >= 15 is 0 Å². The summed E-state index contributed by atoms with van der Waals surface area (Å²) >= 11 is 4.96. The van der Waals surface area contributed by atoms with Gasteiger partial charge in [0.1, 0.15) is 5.91 Å². The average Bonchev–Trinajstić information content (AvgIpc) is 1.37. The van der Waals surface area contributed by atoms with E-state index in [-0.39, 0.29) is 29.6 Å². The first-order chi connectivity index (χ1) is 1.91. The Bertz CT molecular complexity index is 25.6. The van der Waals surface area contributed by atoms with Gasteiger partial charge in [-0.1, -0.05) is 0 Å². The molecule has 0 radical (unpaired) electrons. The van der Waals surface area contributed by atoms with Crippen LogP contribution in [0.2, 0.25) is 0 Å². The van der Waals surface area contributed by atoms with Crippen molar-refractivity contribution in [3.8, 4) is 0 Å². The van der Waals surface area contributed by atoms with E-state index in [9.17, 15) is 0 Å². The summed E-state index contributed by atoms with van der Waals surface area (Å²) in [5.41, 5.74) is 0. The summed E-state index contributed by atoms with van der Waals surface area (Å²) < 4.78 is 0. The third-order valence-corrected chi connectivity index (χ3v) is 0.567. The van der Waals surface area contributed by atoms with Crippen molar-refractivity contribution in [3.63, 3.8) is 0 Å². The van der Waals surface area contributed by atoms with E-state index in [1.165, 1.54) is 0 Å². The van der Waals surface area contributed by atoms with Crippen LogP contribution in [0.3, 0.4) is 0 Å². The van der Waals surface area contributed by atoms with Crippen LogP contribution in [-0.2, 0) is 4.79 Å². The van der Waals surface area contributed by atoms with E-state index in [0.717, 1.165) is 5.91 Å². The standard InChI is InChI=1S/CH3ClOSi.Na.H/c2-4-1-3;;/h1H,4H2;;. The summed E-state index contributed by atoms with van der Waals surface area (Å²) in [6.45, 7) is 0. The molecule has 0 aliphatic carbocycles. The predicted molar refractivity (Wildman–Crippen MR) is 28.3 cm³/mol. The minimum absolute atomic E-state index is 0. The van der Waals surface area contributed by atoms with Gasteiger partial charge < -0.3 is 4.79 Å². The fourth-order valence-electron chi connectivity index (χ4n) is 0. The molecule has 1 nitrogen and oxygen atoms in total. The molecule has 0 N–H and O–H groups in total. The molecule has 0 rings (SSSR count). The molecule has 0 heterocycles. The Labute approximate surface area is 59.9 Å². The third-order valence-electron chi connectivity index (χ3n) is 0.0630. The fraction of sp³-hybridized carbons (Fsp3) is 0. The Morgan fingerprint density at radius 3 is 2.00 bits per heavy atom. The third kappa shape index (κ3) is 11.0. The first-order valence-corrected chi connectivity index (χ1v) is 3.87. The quantitative estimate of drug-likeness (QED) is 0.242. The van der Waals surface area contributed by atoms with Gasteiger partial charge >= 0.3 is 29.6 Å². The molecule has 26 valence electrons. The normalized spacial score (nSPS) is 7.40. The number of hydrogen-bond donors (Lipinski definition) is 0. The Kier molecular flexibility index (Phi) is 17.0. The first-order valence-electron chi connectivity index (χ1n) is 0.911. The van der Waals surface area contributed by atoms with Crippen LogP contribution in [0.4, 0.5) is 0 Å². The van der Waals surface area contributed by atoms with Crippen molar-refractivity contribution in [1.82, 2.24) is 0 Å². The SMILES string of the molecule is O=C[SiH2]Cl.[NaH]. The Hall–Kier alpha value is 1.18. The average molecular weight is 119 g/mol. The number of halogens is 1. The van der Waals surface area contributed by atoms with E-state index in [1.54, 1.807) is 0 Å². The molecule has 4 heteroatoms. The van der Waals surface area contributed by atoms with E-state index in [0.29, 0.717) is 0 Å². The second-order valence-electron chi connectivity index (χ2n) is 0.321.